The molecule has 72 valence electrons. The molecule has 0 bridgehead atoms. The van der Waals surface area contributed by atoms with Crippen molar-refractivity contribution in [3.05, 3.63) is 30.1 Å². The van der Waals surface area contributed by atoms with E-state index in [1.807, 2.05) is 6.92 Å². The monoisotopic (exact) mass is 201 g/mol. The molecule has 0 saturated heterocycles. The van der Waals surface area contributed by atoms with Crippen LogP contribution in [0.25, 0.3) is 0 Å². The van der Waals surface area contributed by atoms with E-state index in [0.29, 0.717) is 12.2 Å². The van der Waals surface area contributed by atoms with Crippen LogP contribution in [0.15, 0.2) is 24.5 Å². The van der Waals surface area contributed by atoms with Crippen molar-refractivity contribution in [1.29, 1.82) is 0 Å². The van der Waals surface area contributed by atoms with E-state index < -0.39 is 0 Å². The predicted molar refractivity (Wildman–Crippen MR) is 52.1 cm³/mol. The highest BCUT2D eigenvalue weighted by atomic mass is 35.5. The van der Waals surface area contributed by atoms with Crippen molar-refractivity contribution in [3.8, 4) is 0 Å². The number of carbonyl (C=O) groups is 1. The Morgan fingerprint density at radius 2 is 2.38 bits per heavy atom. The van der Waals surface area contributed by atoms with Crippen molar-refractivity contribution in [1.82, 2.24) is 4.98 Å². The van der Waals surface area contributed by atoms with Gasteiger partial charge in [0.2, 0.25) is 0 Å². The molecule has 0 saturated carbocycles. The van der Waals surface area contributed by atoms with Crippen LogP contribution in [-0.4, -0.2) is 17.6 Å². The van der Waals surface area contributed by atoms with E-state index in [4.69, 9.17) is 4.74 Å². The SMILES string of the molecule is CCCOC(=O)c1cccnc1.Cl. The highest BCUT2D eigenvalue weighted by molar-refractivity contribution is 5.88. The Morgan fingerprint density at radius 3 is 2.92 bits per heavy atom. The lowest BCUT2D eigenvalue weighted by Gasteiger charge is -2.00. The van der Waals surface area contributed by atoms with E-state index in [9.17, 15) is 4.79 Å². The lowest BCUT2D eigenvalue weighted by molar-refractivity contribution is 0.0504. The minimum absolute atomic E-state index is 0. The number of nitrogens with zero attached hydrogens (tertiary/aromatic N) is 1. The lowest BCUT2D eigenvalue weighted by atomic mass is 10.3. The van der Waals surface area contributed by atoms with Crippen LogP contribution < -0.4 is 0 Å². The molecule has 0 aliphatic heterocycles. The van der Waals surface area contributed by atoms with Crippen LogP contribution in [0.3, 0.4) is 0 Å². The summed E-state index contributed by atoms with van der Waals surface area (Å²) >= 11 is 0. The molecule has 1 aromatic rings. The molecule has 0 unspecified atom stereocenters. The third-order valence-corrected chi connectivity index (χ3v) is 1.33. The molecule has 0 aromatic carbocycles. The van der Waals surface area contributed by atoms with Gasteiger partial charge in [-0.2, -0.15) is 0 Å². The molecule has 0 atom stereocenters. The highest BCUT2D eigenvalue weighted by Gasteiger charge is 2.04. The highest BCUT2D eigenvalue weighted by Crippen LogP contribution is 1.98. The molecular weight excluding hydrogens is 190 g/mol. The maximum atomic E-state index is 11.1. The number of carbonyl (C=O) groups excluding carboxylic acids is 1. The van der Waals surface area contributed by atoms with E-state index in [0.717, 1.165) is 6.42 Å². The van der Waals surface area contributed by atoms with Crippen LogP contribution >= 0.6 is 12.4 Å². The molecule has 3 nitrogen and oxygen atoms in total. The third kappa shape index (κ3) is 3.90. The Kier molecular flexibility index (Phi) is 5.89. The summed E-state index contributed by atoms with van der Waals surface area (Å²) in [4.78, 5) is 15.0. The minimum atomic E-state index is -0.301. The van der Waals surface area contributed by atoms with Gasteiger partial charge in [-0.05, 0) is 18.6 Å². The quantitative estimate of drug-likeness (QED) is 0.703. The molecular formula is C9H12ClNO2. The smallest absolute Gasteiger partial charge is 0.339 e. The Bertz CT molecular complexity index is 251. The summed E-state index contributed by atoms with van der Waals surface area (Å²) in [7, 11) is 0. The van der Waals surface area contributed by atoms with Crippen molar-refractivity contribution >= 4 is 18.4 Å². The van der Waals surface area contributed by atoms with E-state index in [-0.39, 0.29) is 18.4 Å². The maximum Gasteiger partial charge on any atom is 0.339 e. The molecule has 0 N–H and O–H groups in total. The van der Waals surface area contributed by atoms with Gasteiger partial charge in [0.15, 0.2) is 0 Å². The fourth-order valence-electron chi connectivity index (χ4n) is 0.762. The van der Waals surface area contributed by atoms with Gasteiger partial charge in [-0.25, -0.2) is 4.79 Å². The summed E-state index contributed by atoms with van der Waals surface area (Å²) < 4.78 is 4.90. The van der Waals surface area contributed by atoms with E-state index in [1.165, 1.54) is 6.20 Å². The first-order valence-corrected chi connectivity index (χ1v) is 3.91. The molecule has 0 fully saturated rings. The minimum Gasteiger partial charge on any atom is -0.462 e. The molecule has 1 rings (SSSR count). The maximum absolute atomic E-state index is 11.1. The zero-order valence-corrected chi connectivity index (χ0v) is 8.21. The van der Waals surface area contributed by atoms with Crippen molar-refractivity contribution < 1.29 is 9.53 Å². The zero-order chi connectivity index (χ0) is 8.81. The van der Waals surface area contributed by atoms with Crippen molar-refractivity contribution in [2.75, 3.05) is 6.61 Å². The number of hydrogen-bond donors (Lipinski definition) is 0. The van der Waals surface area contributed by atoms with E-state index in [2.05, 4.69) is 4.98 Å². The third-order valence-electron chi connectivity index (χ3n) is 1.33. The van der Waals surface area contributed by atoms with E-state index >= 15 is 0 Å². The Morgan fingerprint density at radius 1 is 1.62 bits per heavy atom. The summed E-state index contributed by atoms with van der Waals surface area (Å²) in [6, 6.07) is 3.40. The van der Waals surface area contributed by atoms with Crippen LogP contribution in [0.4, 0.5) is 0 Å². The van der Waals surface area contributed by atoms with Gasteiger partial charge in [0.05, 0.1) is 12.2 Å². The van der Waals surface area contributed by atoms with E-state index in [1.54, 1.807) is 18.3 Å². The van der Waals surface area contributed by atoms with Gasteiger partial charge in [0, 0.05) is 12.4 Å². The summed E-state index contributed by atoms with van der Waals surface area (Å²) in [6.07, 6.45) is 3.96. The first-order chi connectivity index (χ1) is 5.84. The topological polar surface area (TPSA) is 39.2 Å². The summed E-state index contributed by atoms with van der Waals surface area (Å²) in [6.45, 7) is 2.42. The van der Waals surface area contributed by atoms with Crippen LogP contribution in [0.5, 0.6) is 0 Å². The number of aromatic nitrogens is 1. The summed E-state index contributed by atoms with van der Waals surface area (Å²) in [5, 5.41) is 0. The van der Waals surface area contributed by atoms with Gasteiger partial charge in [-0.3, -0.25) is 4.98 Å². The molecule has 4 heteroatoms. The molecule has 1 heterocycles. The summed E-state index contributed by atoms with van der Waals surface area (Å²) in [5.74, 6) is -0.301. The first-order valence-electron chi connectivity index (χ1n) is 3.91. The number of esters is 1. The second-order valence-corrected chi connectivity index (χ2v) is 2.38. The number of rotatable bonds is 3. The Labute approximate surface area is 83.5 Å². The molecule has 0 radical (unpaired) electrons. The Balaban J connectivity index is 0.00000144. The van der Waals surface area contributed by atoms with Crippen LogP contribution in [0.2, 0.25) is 0 Å². The number of halogens is 1. The molecule has 0 spiro atoms. The number of ether oxygens (including phenoxy) is 1. The van der Waals surface area contributed by atoms with Gasteiger partial charge in [0.25, 0.3) is 0 Å². The number of hydrogen-bond acceptors (Lipinski definition) is 3. The first kappa shape index (κ1) is 11.9. The fourth-order valence-corrected chi connectivity index (χ4v) is 0.762. The lowest BCUT2D eigenvalue weighted by Crippen LogP contribution is -2.05. The average Bonchev–Trinajstić information content (AvgIpc) is 2.15. The van der Waals surface area contributed by atoms with Gasteiger partial charge in [-0.1, -0.05) is 6.92 Å². The van der Waals surface area contributed by atoms with Gasteiger partial charge >= 0.3 is 5.97 Å². The van der Waals surface area contributed by atoms with Crippen LogP contribution in [0.1, 0.15) is 23.7 Å². The van der Waals surface area contributed by atoms with Crippen molar-refractivity contribution in [2.45, 2.75) is 13.3 Å². The van der Waals surface area contributed by atoms with Gasteiger partial charge < -0.3 is 4.74 Å². The predicted octanol–water partition coefficient (Wildman–Crippen LogP) is 2.07. The molecule has 1 aromatic heterocycles. The largest absolute Gasteiger partial charge is 0.462 e. The molecule has 0 aliphatic rings. The fraction of sp³-hybridized carbons (Fsp3) is 0.333. The second kappa shape index (κ2) is 6.43. The van der Waals surface area contributed by atoms with Crippen molar-refractivity contribution in [2.24, 2.45) is 0 Å². The normalized spacial score (nSPS) is 8.69. The van der Waals surface area contributed by atoms with Gasteiger partial charge in [-0.15, -0.1) is 12.4 Å². The summed E-state index contributed by atoms with van der Waals surface area (Å²) in [5.41, 5.74) is 0.506. The molecule has 0 aliphatic carbocycles. The standard InChI is InChI=1S/C9H11NO2.ClH/c1-2-6-12-9(11)8-4-3-5-10-7-8;/h3-5,7H,2,6H2,1H3;1H. The zero-order valence-electron chi connectivity index (χ0n) is 7.40. The van der Waals surface area contributed by atoms with Gasteiger partial charge in [0.1, 0.15) is 0 Å². The molecule has 0 amide bonds. The van der Waals surface area contributed by atoms with Crippen LogP contribution in [-0.2, 0) is 4.74 Å². The van der Waals surface area contributed by atoms with Crippen molar-refractivity contribution in [3.63, 3.8) is 0 Å². The number of pyridine rings is 1. The average molecular weight is 202 g/mol. The Hall–Kier alpha value is -1.09. The molecule has 13 heavy (non-hydrogen) atoms. The van der Waals surface area contributed by atoms with Crippen LogP contribution in [0, 0.1) is 0 Å². The second-order valence-electron chi connectivity index (χ2n) is 2.38.